The van der Waals surface area contributed by atoms with Crippen molar-refractivity contribution in [3.05, 3.63) is 34.6 Å². The Labute approximate surface area is 156 Å². The van der Waals surface area contributed by atoms with Crippen LogP contribution in [0.4, 0.5) is 0 Å². The third-order valence-electron chi connectivity index (χ3n) is 6.40. The zero-order valence-electron chi connectivity index (χ0n) is 16.5. The van der Waals surface area contributed by atoms with E-state index in [-0.39, 0.29) is 30.0 Å². The summed E-state index contributed by atoms with van der Waals surface area (Å²) in [6.07, 6.45) is 9.41. The molecule has 144 valence electrons. The summed E-state index contributed by atoms with van der Waals surface area (Å²) in [5.74, 6) is 1.76. The summed E-state index contributed by atoms with van der Waals surface area (Å²) in [6, 6.07) is 0. The Morgan fingerprint density at radius 2 is 2.31 bits per heavy atom. The molecule has 0 spiro atoms. The molecule has 0 saturated carbocycles. The van der Waals surface area contributed by atoms with Crippen molar-refractivity contribution in [2.75, 3.05) is 13.7 Å². The third kappa shape index (κ3) is 3.54. The van der Waals surface area contributed by atoms with Crippen LogP contribution in [0.25, 0.3) is 0 Å². The van der Waals surface area contributed by atoms with Gasteiger partial charge in [-0.1, -0.05) is 30.2 Å². The average Bonchev–Trinajstić information content (AvgIpc) is 2.96. The molecular weight excluding hydrogens is 328 g/mol. The van der Waals surface area contributed by atoms with Crippen molar-refractivity contribution < 1.29 is 19.4 Å². The molecule has 1 heterocycles. The van der Waals surface area contributed by atoms with E-state index in [2.05, 4.69) is 26.0 Å². The first kappa shape index (κ1) is 19.4. The maximum Gasteiger partial charge on any atom is 0.190 e. The van der Waals surface area contributed by atoms with Crippen LogP contribution in [0.15, 0.2) is 34.6 Å². The van der Waals surface area contributed by atoms with Crippen LogP contribution >= 0.6 is 0 Å². The van der Waals surface area contributed by atoms with Gasteiger partial charge in [-0.15, -0.1) is 0 Å². The zero-order chi connectivity index (χ0) is 18.9. The molecule has 0 aromatic heterocycles. The number of rotatable bonds is 6. The van der Waals surface area contributed by atoms with Gasteiger partial charge in [-0.25, -0.2) is 0 Å². The van der Waals surface area contributed by atoms with E-state index in [0.717, 1.165) is 55.4 Å². The van der Waals surface area contributed by atoms with Crippen LogP contribution in [-0.4, -0.2) is 36.3 Å². The lowest BCUT2D eigenvalue weighted by Gasteiger charge is -2.43. The average molecular weight is 360 g/mol. The monoisotopic (exact) mass is 360 g/mol. The molecule has 0 saturated heterocycles. The molecule has 4 atom stereocenters. The lowest BCUT2D eigenvalue weighted by atomic mass is 9.73. The van der Waals surface area contributed by atoms with Crippen molar-refractivity contribution in [2.45, 2.75) is 71.0 Å². The van der Waals surface area contributed by atoms with Gasteiger partial charge in [-0.05, 0) is 45.4 Å². The zero-order valence-corrected chi connectivity index (χ0v) is 16.5. The van der Waals surface area contributed by atoms with Gasteiger partial charge in [0.2, 0.25) is 0 Å². The summed E-state index contributed by atoms with van der Waals surface area (Å²) < 4.78 is 11.8. The number of allylic oxidation sites excluding steroid dienone is 2. The van der Waals surface area contributed by atoms with E-state index in [1.807, 2.05) is 6.92 Å². The quantitative estimate of drug-likeness (QED) is 0.725. The largest absolute Gasteiger partial charge is 0.491 e. The summed E-state index contributed by atoms with van der Waals surface area (Å²) in [5.41, 5.74) is 3.11. The van der Waals surface area contributed by atoms with E-state index in [1.54, 1.807) is 7.11 Å². The van der Waals surface area contributed by atoms with Gasteiger partial charge in [0.15, 0.2) is 5.78 Å². The predicted octanol–water partition coefficient (Wildman–Crippen LogP) is 4.10. The molecule has 3 rings (SSSR count). The molecule has 0 fully saturated rings. The van der Waals surface area contributed by atoms with Gasteiger partial charge in [0.1, 0.15) is 17.5 Å². The number of ether oxygens (including phenoxy) is 2. The van der Waals surface area contributed by atoms with E-state index >= 15 is 0 Å². The highest BCUT2D eigenvalue weighted by atomic mass is 16.5. The second kappa shape index (κ2) is 7.69. The Kier molecular flexibility index (Phi) is 5.73. The molecule has 3 aliphatic rings. The second-order valence-corrected chi connectivity index (χ2v) is 8.30. The van der Waals surface area contributed by atoms with Gasteiger partial charge < -0.3 is 14.6 Å². The molecule has 4 heteroatoms. The number of methoxy groups -OCH3 is 1. The molecular formula is C22H32O4. The lowest BCUT2D eigenvalue weighted by Crippen LogP contribution is -2.43. The van der Waals surface area contributed by atoms with Gasteiger partial charge in [0.25, 0.3) is 0 Å². The molecule has 0 bridgehead atoms. The fourth-order valence-corrected chi connectivity index (χ4v) is 4.67. The smallest absolute Gasteiger partial charge is 0.190 e. The van der Waals surface area contributed by atoms with Crippen LogP contribution in [0.2, 0.25) is 0 Å². The minimum atomic E-state index is -0.306. The van der Waals surface area contributed by atoms with Crippen LogP contribution in [0.3, 0.4) is 0 Å². The Bertz CT molecular complexity index is 657. The molecule has 1 N–H and O–H groups in total. The number of hydrogen-bond acceptors (Lipinski definition) is 4. The second-order valence-electron chi connectivity index (χ2n) is 8.30. The summed E-state index contributed by atoms with van der Waals surface area (Å²) >= 11 is 0. The van der Waals surface area contributed by atoms with E-state index in [4.69, 9.17) is 14.6 Å². The fraction of sp³-hybridized carbons (Fsp3) is 0.682. The van der Waals surface area contributed by atoms with E-state index in [1.165, 1.54) is 5.57 Å². The first-order valence-corrected chi connectivity index (χ1v) is 9.84. The minimum absolute atomic E-state index is 0.121. The highest BCUT2D eigenvalue weighted by Crippen LogP contribution is 2.51. The molecule has 0 radical (unpaired) electrons. The van der Waals surface area contributed by atoms with Crippen molar-refractivity contribution in [2.24, 2.45) is 11.8 Å². The van der Waals surface area contributed by atoms with Crippen LogP contribution in [0, 0.1) is 11.8 Å². The lowest BCUT2D eigenvalue weighted by molar-refractivity contribution is -0.129. The predicted molar refractivity (Wildman–Crippen MR) is 102 cm³/mol. The summed E-state index contributed by atoms with van der Waals surface area (Å²) in [5, 5.41) is 9.13. The van der Waals surface area contributed by atoms with Gasteiger partial charge in [0, 0.05) is 31.4 Å². The van der Waals surface area contributed by atoms with Crippen LogP contribution in [-0.2, 0) is 14.3 Å². The number of aliphatic hydroxyl groups excluding tert-OH is 1. The van der Waals surface area contributed by atoms with Crippen molar-refractivity contribution in [3.63, 3.8) is 0 Å². The highest BCUT2D eigenvalue weighted by molar-refractivity contribution is 6.00. The number of aliphatic hydroxyl groups is 1. The normalized spacial score (nSPS) is 32.7. The molecule has 4 nitrogen and oxygen atoms in total. The van der Waals surface area contributed by atoms with E-state index in [0.29, 0.717) is 5.92 Å². The maximum atomic E-state index is 12.7. The summed E-state index contributed by atoms with van der Waals surface area (Å²) in [7, 11) is 1.62. The fourth-order valence-electron chi connectivity index (χ4n) is 4.67. The van der Waals surface area contributed by atoms with Crippen molar-refractivity contribution in [1.29, 1.82) is 0 Å². The molecule has 0 aromatic rings. The first-order chi connectivity index (χ1) is 12.4. The van der Waals surface area contributed by atoms with Crippen molar-refractivity contribution in [1.82, 2.24) is 0 Å². The van der Waals surface area contributed by atoms with E-state index in [9.17, 15) is 4.79 Å². The summed E-state index contributed by atoms with van der Waals surface area (Å²) in [6.45, 7) is 6.55. The van der Waals surface area contributed by atoms with Gasteiger partial charge in [0.05, 0.1) is 6.61 Å². The number of ketones is 1. The minimum Gasteiger partial charge on any atom is -0.491 e. The highest BCUT2D eigenvalue weighted by Gasteiger charge is 2.49. The van der Waals surface area contributed by atoms with Gasteiger partial charge in [-0.3, -0.25) is 4.79 Å². The van der Waals surface area contributed by atoms with Crippen molar-refractivity contribution in [3.8, 4) is 0 Å². The molecule has 26 heavy (non-hydrogen) atoms. The van der Waals surface area contributed by atoms with E-state index < -0.39 is 0 Å². The molecule has 0 aromatic carbocycles. The molecule has 0 amide bonds. The topological polar surface area (TPSA) is 55.8 Å². The van der Waals surface area contributed by atoms with Gasteiger partial charge >= 0.3 is 0 Å². The number of hydrogen-bond donors (Lipinski definition) is 1. The Hall–Kier alpha value is -1.39. The third-order valence-corrected chi connectivity index (χ3v) is 6.40. The molecule has 2 aliphatic carbocycles. The van der Waals surface area contributed by atoms with Crippen LogP contribution < -0.4 is 0 Å². The summed E-state index contributed by atoms with van der Waals surface area (Å²) in [4.78, 5) is 12.7. The van der Waals surface area contributed by atoms with Crippen LogP contribution in [0.1, 0.15) is 59.3 Å². The van der Waals surface area contributed by atoms with Gasteiger partial charge in [-0.2, -0.15) is 0 Å². The number of fused-ring (bicyclic) bond motifs is 1. The maximum absolute atomic E-state index is 12.7. The SMILES string of the molecule is COC1CCC2=C(CC3C(C(C)CC/C=C(\C)CO)=CCC3(C)O2)C1=O. The molecule has 1 aliphatic heterocycles. The Morgan fingerprint density at radius 3 is 3.00 bits per heavy atom. The number of carbonyl (C=O) groups excluding carboxylic acids is 1. The number of carbonyl (C=O) groups is 1. The Morgan fingerprint density at radius 1 is 1.54 bits per heavy atom. The standard InChI is InChI=1S/C22H32O4/c1-14(13-23)6-5-7-15(2)16-10-11-22(3)18(16)12-17-19(26-22)8-9-20(25-4)21(17)24/h6,10,15,18,20,23H,5,7-9,11-13H2,1-4H3/b14-6+. The number of Topliss-reactive ketones (excluding diaryl/α,β-unsaturated/α-hetero) is 1. The molecule has 4 unspecified atom stereocenters. The Balaban J connectivity index is 1.73. The van der Waals surface area contributed by atoms with Crippen molar-refractivity contribution >= 4 is 5.78 Å². The first-order valence-electron chi connectivity index (χ1n) is 9.84. The van der Waals surface area contributed by atoms with Crippen LogP contribution in [0.5, 0.6) is 0 Å².